The molecule has 42 nitrogen and oxygen atoms in total. The van der Waals surface area contributed by atoms with E-state index in [1.807, 2.05) is 12.2 Å². The topological polar surface area (TPSA) is 662 Å². The molecule has 764 valence electrons. The van der Waals surface area contributed by atoms with E-state index in [1.54, 1.807) is 88.5 Å². The summed E-state index contributed by atoms with van der Waals surface area (Å²) in [7, 11) is 0. The highest BCUT2D eigenvalue weighted by molar-refractivity contribution is 6.41. The molecule has 15 amide bonds. The largest absolute Gasteiger partial charge is 0.508 e. The third-order valence-electron chi connectivity index (χ3n) is 23.8. The monoisotopic (exact) mass is 1940 g/mol. The molecule has 5 rings (SSSR count). The maximum atomic E-state index is 15.6. The van der Waals surface area contributed by atoms with Crippen molar-refractivity contribution in [3.05, 3.63) is 114 Å². The van der Waals surface area contributed by atoms with Crippen LogP contribution in [0.15, 0.2) is 97.2 Å². The van der Waals surface area contributed by atoms with E-state index in [4.69, 9.17) is 11.5 Å². The number of amides is 15. The third-order valence-corrected chi connectivity index (χ3v) is 23.8. The highest BCUT2D eigenvalue weighted by Gasteiger charge is 2.44. The number of carbonyl (C=O) groups excluding carboxylic acids is 19. The molecule has 0 saturated heterocycles. The number of para-hydroxylation sites is 1. The molecule has 2 heterocycles. The molecule has 4 aromatic rings. The second-order valence-corrected chi connectivity index (χ2v) is 37.7. The van der Waals surface area contributed by atoms with Gasteiger partial charge in [0.15, 0.2) is 0 Å². The molecule has 0 aliphatic carbocycles. The lowest BCUT2D eigenvalue weighted by Gasteiger charge is -2.34. The number of carbonyl (C=O) groups is 20. The minimum atomic E-state index is -2.08. The summed E-state index contributed by atoms with van der Waals surface area (Å²) in [5.41, 5.74) is 12.5. The van der Waals surface area contributed by atoms with Gasteiger partial charge in [0.25, 0.3) is 0 Å². The number of hydrogen-bond donors (Lipinski definition) is 22. The Kier molecular flexibility index (Phi) is 46.3. The van der Waals surface area contributed by atoms with Gasteiger partial charge in [-0.2, -0.15) is 0 Å². The first-order valence-electron chi connectivity index (χ1n) is 47.0. The number of hydrazine groups is 1. The zero-order valence-electron chi connectivity index (χ0n) is 82.1. The Morgan fingerprint density at radius 1 is 0.540 bits per heavy atom. The summed E-state index contributed by atoms with van der Waals surface area (Å²) in [5.74, 6) is -21.2. The lowest BCUT2D eigenvalue weighted by molar-refractivity contribution is -0.141. The Labute approximate surface area is 809 Å². The smallest absolute Gasteiger partial charge is 0.303 e. The van der Waals surface area contributed by atoms with Gasteiger partial charge in [-0.3, -0.25) is 95.9 Å². The van der Waals surface area contributed by atoms with Gasteiger partial charge in [0.2, 0.25) is 112 Å². The normalized spacial score (nSPS) is 21.8. The Morgan fingerprint density at radius 3 is 1.72 bits per heavy atom. The summed E-state index contributed by atoms with van der Waals surface area (Å²) in [6.07, 6.45) is 2.79. The predicted octanol–water partition coefficient (Wildman–Crippen LogP) is 0.385. The predicted molar refractivity (Wildman–Crippen MR) is 513 cm³/mol. The van der Waals surface area contributed by atoms with Crippen LogP contribution in [-0.4, -0.2) is 246 Å². The molecule has 4 unspecified atom stereocenters. The van der Waals surface area contributed by atoms with Crippen LogP contribution in [0, 0.1) is 17.8 Å². The van der Waals surface area contributed by atoms with Crippen LogP contribution in [0.25, 0.3) is 10.9 Å². The number of nitrogens with two attached hydrogens (primary N) is 2. The summed E-state index contributed by atoms with van der Waals surface area (Å²) in [5, 5.41) is 69.1. The molecule has 0 radical (unpaired) electrons. The van der Waals surface area contributed by atoms with Crippen LogP contribution in [0.5, 0.6) is 5.75 Å². The van der Waals surface area contributed by atoms with Crippen LogP contribution in [0.3, 0.4) is 0 Å². The molecule has 24 N–H and O–H groups in total. The highest BCUT2D eigenvalue weighted by Crippen LogP contribution is 2.25. The van der Waals surface area contributed by atoms with E-state index < -0.39 is 257 Å². The van der Waals surface area contributed by atoms with Crippen molar-refractivity contribution in [2.24, 2.45) is 29.2 Å². The summed E-state index contributed by atoms with van der Waals surface area (Å²) in [6, 6.07) is 1.11. The van der Waals surface area contributed by atoms with Crippen molar-refractivity contribution in [3.8, 4) is 5.75 Å². The van der Waals surface area contributed by atoms with Crippen molar-refractivity contribution < 1.29 is 111 Å². The van der Waals surface area contributed by atoms with Gasteiger partial charge < -0.3 is 106 Å². The number of hydrogen-bond acceptors (Lipinski definition) is 25. The number of carboxylic acids is 1. The number of fused-ring (bicyclic) bond motifs is 1. The molecule has 0 fully saturated rings. The van der Waals surface area contributed by atoms with Crippen LogP contribution in [-0.2, 0) is 115 Å². The van der Waals surface area contributed by atoms with Crippen LogP contribution < -0.4 is 96.8 Å². The number of primary amides is 2. The van der Waals surface area contributed by atoms with Gasteiger partial charge in [0.05, 0.1) is 36.2 Å². The van der Waals surface area contributed by atoms with Gasteiger partial charge >= 0.3 is 5.97 Å². The van der Waals surface area contributed by atoms with E-state index in [1.165, 1.54) is 107 Å². The number of phenolic OH excluding ortho intramolecular Hbond substituents is 1. The Hall–Kier alpha value is -13.2. The van der Waals surface area contributed by atoms with E-state index in [0.717, 1.165) is 0 Å². The number of aliphatic hydroxyl groups excluding tert-OH is 1. The third kappa shape index (κ3) is 38.2. The fourth-order valence-corrected chi connectivity index (χ4v) is 15.3. The van der Waals surface area contributed by atoms with Gasteiger partial charge in [0.1, 0.15) is 76.7 Å². The number of benzene rings is 3. The molecule has 1 aliphatic heterocycles. The zero-order chi connectivity index (χ0) is 104. The first-order valence-corrected chi connectivity index (χ1v) is 47.0. The minimum absolute atomic E-state index is 0.0767. The summed E-state index contributed by atoms with van der Waals surface area (Å²) in [4.78, 5) is 284. The number of aromatic amines is 1. The summed E-state index contributed by atoms with van der Waals surface area (Å²) in [6.45, 7) is 22.5. The number of nitrogens with one attached hydrogen (secondary N) is 17. The first kappa shape index (κ1) is 116. The van der Waals surface area contributed by atoms with Crippen molar-refractivity contribution in [1.82, 2.24) is 90.3 Å². The molecule has 17 atom stereocenters. The summed E-state index contributed by atoms with van der Waals surface area (Å²) >= 11 is 0. The number of Topliss-reactive ketones (excluding diaryl/α,β-unsaturated/α-hetero) is 4. The lowest BCUT2D eigenvalue weighted by Crippen LogP contribution is -2.65. The number of allylic oxidation sites excluding steroid dienone is 2. The van der Waals surface area contributed by atoms with Gasteiger partial charge in [-0.1, -0.05) is 120 Å². The lowest BCUT2D eigenvalue weighted by atomic mass is 9.89. The molecule has 139 heavy (non-hydrogen) atoms. The number of aliphatic carboxylic acids is 1. The van der Waals surface area contributed by atoms with Gasteiger partial charge in [-0.15, -0.1) is 0 Å². The van der Waals surface area contributed by atoms with E-state index in [9.17, 15) is 82.4 Å². The van der Waals surface area contributed by atoms with Crippen molar-refractivity contribution in [2.75, 3.05) is 6.54 Å². The Balaban J connectivity index is 1.59. The average Bonchev–Trinajstić information content (AvgIpc) is 1.72. The molecule has 42 heteroatoms. The minimum Gasteiger partial charge on any atom is -0.508 e. The van der Waals surface area contributed by atoms with E-state index in [2.05, 4.69) is 90.3 Å². The standard InChI is InChI=1S/C97H143N19O23/c1-52(2)45-65-51-101-69(39-41-75(98)120)81(126)79(124)55(6)103-87(132)74(49-64-50-100-68-34-28-27-33-67(64)68)109-88(133)72(48-63-35-37-66(119)38-36-63)108-86(131)70(40-42-76(121)122)111-94(139)97(16,114-90(135)73(47-62-31-25-24-26-32-62)110-91(136)77(60(11)117)112-89(134)71(46-53(3)4)107-61(12)118)44-30-23-21-19-17-18-20-22-29-43-96(15,113-85(65)130)93(138)106-59(10)83(128)102-54(5)78(123)80(125)56(7)115-116-95(13,14)92(137)105-58(9)84(129)104-57(8)82(99)127/h18,20,24-28,31-38,50,52-60,65,69-74,77,100-101,115-117,119H,17,19,21-23,29-30,39-49,51H2,1-16H3,(H2,98,120)(H2,99,127)(H,102,128)(H,103,132)(H,104,129)(H,105,137)(H,106,138)(H,107,118)(H,108,131)(H,109,133)(H,110,136)(H,111,139)(H,112,134)(H,113,130)(H,114,135)(H,121,122)/b20-18+/t54-,55?,56-,57+,58?,59?,60+,65+,69-,70-,71-,72?,73-,74-,77-,96-,97+/m0/s1. The Morgan fingerprint density at radius 2 is 1.12 bits per heavy atom. The van der Waals surface area contributed by atoms with Crippen molar-refractivity contribution in [2.45, 2.75) is 328 Å². The quantitative estimate of drug-likeness (QED) is 0.0163. The second kappa shape index (κ2) is 55.4. The number of carboxylic acid groups (broad SMARTS) is 1. The molecule has 1 aliphatic rings. The van der Waals surface area contributed by atoms with Gasteiger partial charge in [0, 0.05) is 62.7 Å². The number of H-pyrrole nitrogens is 1. The van der Waals surface area contributed by atoms with Crippen LogP contribution in [0.2, 0.25) is 0 Å². The van der Waals surface area contributed by atoms with Crippen LogP contribution in [0.4, 0.5) is 0 Å². The highest BCUT2D eigenvalue weighted by atomic mass is 16.4. The maximum absolute atomic E-state index is 15.6. The van der Waals surface area contributed by atoms with Crippen LogP contribution >= 0.6 is 0 Å². The number of aliphatic hydroxyl groups is 1. The molecular weight excluding hydrogens is 1800 g/mol. The second-order valence-electron chi connectivity index (χ2n) is 37.7. The molecule has 1 aromatic heterocycles. The molecule has 3 aromatic carbocycles. The number of phenols is 1. The number of rotatable bonds is 39. The van der Waals surface area contributed by atoms with Gasteiger partial charge in [-0.25, -0.2) is 10.9 Å². The molecular formula is C97H143N19O23. The van der Waals surface area contributed by atoms with Crippen LogP contribution in [0.1, 0.15) is 224 Å². The van der Waals surface area contributed by atoms with E-state index in [-0.39, 0.29) is 75.5 Å². The van der Waals surface area contributed by atoms with Crippen molar-refractivity contribution in [1.29, 1.82) is 0 Å². The van der Waals surface area contributed by atoms with Crippen molar-refractivity contribution in [3.63, 3.8) is 0 Å². The fourth-order valence-electron chi connectivity index (χ4n) is 15.3. The molecule has 0 bridgehead atoms. The van der Waals surface area contributed by atoms with E-state index >= 15 is 28.8 Å². The number of ketones is 4. The number of aromatic nitrogens is 1. The molecule has 0 saturated carbocycles. The fraction of sp³-hybridized carbons (Fsp3) is 0.567. The first-order chi connectivity index (χ1) is 65.1. The Bertz CT molecular complexity index is 5020. The molecule has 0 spiro atoms. The van der Waals surface area contributed by atoms with Crippen molar-refractivity contribution >= 4 is 129 Å². The number of aromatic hydroxyl groups is 1. The maximum Gasteiger partial charge on any atom is 0.303 e. The average molecular weight is 1940 g/mol. The summed E-state index contributed by atoms with van der Waals surface area (Å²) < 4.78 is 0. The SMILES string of the molecule is CC(=O)N[C@@H](CC(C)C)C(=O)N[C@H](C(=O)N[C@@H](Cc1ccccc1)C(=O)N[C@]1(C)CCCCCC/C=C/CCC[C@@](C)(C(=O)NC(C)C(=O)N[C@@H](C)C(=O)C(=O)[C@H](C)NNC(C)(C)C(=O)NC(C)C(=O)N[C@H](C)C(N)=O)NC(=O)[C@H](CC(C)C)CN[C@@H](CCC(N)=O)C(=O)C(=O)C(C)NC(=O)[C@H](Cc2c[nH]c3ccccc23)NC(=O)C(Cc2ccc(O)cc2)NC(=O)[C@H](CCC(=O)O)NC1=O)[C@@H](C)O. The van der Waals surface area contributed by atoms with E-state index in [0.29, 0.717) is 59.7 Å². The zero-order valence-corrected chi connectivity index (χ0v) is 82.1. The van der Waals surface area contributed by atoms with Gasteiger partial charge in [-0.05, 0) is 187 Å².